The lowest BCUT2D eigenvalue weighted by molar-refractivity contribution is -0.146. The van der Waals surface area contributed by atoms with Gasteiger partial charge in [-0.15, -0.1) is 0 Å². The highest BCUT2D eigenvalue weighted by Crippen LogP contribution is 2.27. The average Bonchev–Trinajstić information content (AvgIpc) is 2.45. The summed E-state index contributed by atoms with van der Waals surface area (Å²) in [6.45, 7) is 2.22. The van der Waals surface area contributed by atoms with Crippen molar-refractivity contribution in [3.63, 3.8) is 0 Å². The summed E-state index contributed by atoms with van der Waals surface area (Å²) in [6.07, 6.45) is 5.57. The summed E-state index contributed by atoms with van der Waals surface area (Å²) in [7, 11) is 0. The van der Waals surface area contributed by atoms with E-state index in [0.29, 0.717) is 5.92 Å². The Bertz CT molecular complexity index is 316. The number of urea groups is 1. The van der Waals surface area contributed by atoms with Crippen LogP contribution in [0.3, 0.4) is 0 Å². The van der Waals surface area contributed by atoms with Crippen LogP contribution in [-0.2, 0) is 4.79 Å². The second-order valence-corrected chi connectivity index (χ2v) is 5.46. The summed E-state index contributed by atoms with van der Waals surface area (Å²) in [5.41, 5.74) is 0. The van der Waals surface area contributed by atoms with E-state index < -0.39 is 12.1 Å². The molecule has 20 heavy (non-hydrogen) atoms. The van der Waals surface area contributed by atoms with E-state index in [1.54, 1.807) is 0 Å². The standard InChI is InChI=1S/C14H26N2O4/c1-2-11(10-6-4-3-5-7-10)16-14(20)15-9-8-12(17)13(18)19/h10-12,17H,2-9H2,1H3,(H,18,19)(H2,15,16,20). The van der Waals surface area contributed by atoms with Gasteiger partial charge in [-0.2, -0.15) is 0 Å². The van der Waals surface area contributed by atoms with Crippen LogP contribution in [0.25, 0.3) is 0 Å². The lowest BCUT2D eigenvalue weighted by Crippen LogP contribution is -2.46. The maximum absolute atomic E-state index is 11.8. The normalized spacial score (nSPS) is 19.1. The summed E-state index contributed by atoms with van der Waals surface area (Å²) in [5, 5.41) is 23.2. The smallest absolute Gasteiger partial charge is 0.332 e. The first kappa shape index (κ1) is 16.8. The Kier molecular flexibility index (Phi) is 7.36. The number of hydrogen-bond acceptors (Lipinski definition) is 3. The molecular formula is C14H26N2O4. The van der Waals surface area contributed by atoms with Gasteiger partial charge in [-0.1, -0.05) is 26.2 Å². The summed E-state index contributed by atoms with van der Waals surface area (Å²) in [4.78, 5) is 22.2. The fraction of sp³-hybridized carbons (Fsp3) is 0.857. The maximum Gasteiger partial charge on any atom is 0.332 e. The Labute approximate surface area is 119 Å². The van der Waals surface area contributed by atoms with Crippen molar-refractivity contribution in [2.45, 2.75) is 64.0 Å². The molecule has 1 rings (SSSR count). The quantitative estimate of drug-likeness (QED) is 0.569. The van der Waals surface area contributed by atoms with E-state index in [-0.39, 0.29) is 25.0 Å². The van der Waals surface area contributed by atoms with Gasteiger partial charge in [0.1, 0.15) is 0 Å². The van der Waals surface area contributed by atoms with Gasteiger partial charge in [-0.25, -0.2) is 9.59 Å². The Morgan fingerprint density at radius 2 is 1.90 bits per heavy atom. The van der Waals surface area contributed by atoms with E-state index in [1.165, 1.54) is 19.3 Å². The van der Waals surface area contributed by atoms with E-state index >= 15 is 0 Å². The third-order valence-corrected chi connectivity index (χ3v) is 3.96. The molecule has 1 aliphatic carbocycles. The molecule has 0 bridgehead atoms. The first-order chi connectivity index (χ1) is 9.54. The van der Waals surface area contributed by atoms with Crippen LogP contribution in [0.15, 0.2) is 0 Å². The number of nitrogens with one attached hydrogen (secondary N) is 2. The van der Waals surface area contributed by atoms with Gasteiger partial charge in [-0.3, -0.25) is 0 Å². The summed E-state index contributed by atoms with van der Waals surface area (Å²) in [5.74, 6) is -0.718. The maximum atomic E-state index is 11.8. The number of rotatable bonds is 7. The van der Waals surface area contributed by atoms with E-state index in [4.69, 9.17) is 10.2 Å². The molecule has 1 aliphatic rings. The number of carbonyl (C=O) groups is 2. The van der Waals surface area contributed by atoms with Crippen LogP contribution >= 0.6 is 0 Å². The van der Waals surface area contributed by atoms with Crippen LogP contribution < -0.4 is 10.6 Å². The van der Waals surface area contributed by atoms with Gasteiger partial charge >= 0.3 is 12.0 Å². The molecule has 0 heterocycles. The highest BCUT2D eigenvalue weighted by atomic mass is 16.4. The molecule has 0 aromatic carbocycles. The largest absolute Gasteiger partial charge is 0.479 e. The first-order valence-corrected chi connectivity index (χ1v) is 7.49. The van der Waals surface area contributed by atoms with Gasteiger partial charge in [0.25, 0.3) is 0 Å². The Morgan fingerprint density at radius 3 is 2.45 bits per heavy atom. The molecule has 0 spiro atoms. The van der Waals surface area contributed by atoms with Gasteiger partial charge < -0.3 is 20.8 Å². The van der Waals surface area contributed by atoms with Crippen molar-refractivity contribution in [3.05, 3.63) is 0 Å². The SMILES string of the molecule is CCC(NC(=O)NCCC(O)C(=O)O)C1CCCCC1. The van der Waals surface area contributed by atoms with Crippen molar-refractivity contribution in [3.8, 4) is 0 Å². The summed E-state index contributed by atoms with van der Waals surface area (Å²) >= 11 is 0. The summed E-state index contributed by atoms with van der Waals surface area (Å²) < 4.78 is 0. The number of carboxylic acids is 1. The average molecular weight is 286 g/mol. The third kappa shape index (κ3) is 5.77. The molecule has 0 aromatic heterocycles. The monoisotopic (exact) mass is 286 g/mol. The highest BCUT2D eigenvalue weighted by Gasteiger charge is 2.23. The molecule has 0 aliphatic heterocycles. The first-order valence-electron chi connectivity index (χ1n) is 7.49. The highest BCUT2D eigenvalue weighted by molar-refractivity contribution is 5.74. The van der Waals surface area contributed by atoms with Gasteiger partial charge in [0.2, 0.25) is 0 Å². The van der Waals surface area contributed by atoms with Gasteiger partial charge in [0.15, 0.2) is 6.10 Å². The zero-order chi connectivity index (χ0) is 15.0. The van der Waals surface area contributed by atoms with E-state index in [1.807, 2.05) is 0 Å². The molecule has 4 N–H and O–H groups in total. The molecule has 6 nitrogen and oxygen atoms in total. The van der Waals surface area contributed by atoms with Gasteiger partial charge in [-0.05, 0) is 25.2 Å². The van der Waals surface area contributed by atoms with E-state index in [9.17, 15) is 9.59 Å². The molecular weight excluding hydrogens is 260 g/mol. The number of aliphatic hydroxyl groups excluding tert-OH is 1. The van der Waals surface area contributed by atoms with Crippen LogP contribution in [-0.4, -0.2) is 40.9 Å². The Morgan fingerprint density at radius 1 is 1.25 bits per heavy atom. The van der Waals surface area contributed by atoms with Gasteiger partial charge in [0.05, 0.1) is 0 Å². The predicted octanol–water partition coefficient (Wildman–Crippen LogP) is 1.48. The molecule has 6 heteroatoms. The van der Waals surface area contributed by atoms with Crippen LogP contribution in [0, 0.1) is 5.92 Å². The fourth-order valence-corrected chi connectivity index (χ4v) is 2.76. The molecule has 2 atom stereocenters. The number of amides is 2. The molecule has 0 radical (unpaired) electrons. The van der Waals surface area contributed by atoms with E-state index in [0.717, 1.165) is 19.3 Å². The van der Waals surface area contributed by atoms with Gasteiger partial charge in [0, 0.05) is 19.0 Å². The molecule has 0 aromatic rings. The second-order valence-electron chi connectivity index (χ2n) is 5.46. The minimum atomic E-state index is -1.42. The van der Waals surface area contributed by atoms with Crippen molar-refractivity contribution in [2.24, 2.45) is 5.92 Å². The predicted molar refractivity (Wildman–Crippen MR) is 75.4 cm³/mol. The number of hydrogen-bond donors (Lipinski definition) is 4. The molecule has 1 fully saturated rings. The van der Waals surface area contributed by atoms with Crippen molar-refractivity contribution in [2.75, 3.05) is 6.54 Å². The summed E-state index contributed by atoms with van der Waals surface area (Å²) in [6, 6.07) is -0.0975. The molecule has 116 valence electrons. The molecule has 0 saturated heterocycles. The Balaban J connectivity index is 2.26. The van der Waals surface area contributed by atoms with Crippen LogP contribution in [0.5, 0.6) is 0 Å². The van der Waals surface area contributed by atoms with E-state index in [2.05, 4.69) is 17.6 Å². The van der Waals surface area contributed by atoms with Crippen LogP contribution in [0.2, 0.25) is 0 Å². The molecule has 2 amide bonds. The second kappa shape index (κ2) is 8.79. The third-order valence-electron chi connectivity index (χ3n) is 3.96. The van der Waals surface area contributed by atoms with Crippen LogP contribution in [0.1, 0.15) is 51.9 Å². The lowest BCUT2D eigenvalue weighted by Gasteiger charge is -2.30. The minimum absolute atomic E-state index is 0.0168. The molecule has 1 saturated carbocycles. The zero-order valence-corrected chi connectivity index (χ0v) is 12.1. The zero-order valence-electron chi connectivity index (χ0n) is 12.1. The number of carbonyl (C=O) groups excluding carboxylic acids is 1. The lowest BCUT2D eigenvalue weighted by atomic mass is 9.83. The number of aliphatic hydroxyl groups is 1. The minimum Gasteiger partial charge on any atom is -0.479 e. The molecule has 2 unspecified atom stereocenters. The van der Waals surface area contributed by atoms with Crippen molar-refractivity contribution in [1.29, 1.82) is 0 Å². The van der Waals surface area contributed by atoms with Crippen molar-refractivity contribution < 1.29 is 19.8 Å². The Hall–Kier alpha value is -1.30. The van der Waals surface area contributed by atoms with Crippen molar-refractivity contribution >= 4 is 12.0 Å². The topological polar surface area (TPSA) is 98.7 Å². The number of aliphatic carboxylic acids is 1. The fourth-order valence-electron chi connectivity index (χ4n) is 2.76. The van der Waals surface area contributed by atoms with Crippen LogP contribution in [0.4, 0.5) is 4.79 Å². The number of carboxylic acid groups (broad SMARTS) is 1. The van der Waals surface area contributed by atoms with Crippen molar-refractivity contribution in [1.82, 2.24) is 10.6 Å².